The summed E-state index contributed by atoms with van der Waals surface area (Å²) in [6, 6.07) is 0.311. The number of nitrogens with one attached hydrogen (secondary N) is 3. The third-order valence-corrected chi connectivity index (χ3v) is 4.88. The molecule has 7 heteroatoms. The Morgan fingerprint density at radius 3 is 2.52 bits per heavy atom. The largest absolute Gasteiger partial charge is 0.352 e. The van der Waals surface area contributed by atoms with Crippen LogP contribution in [0.4, 0.5) is 0 Å². The molecule has 1 saturated heterocycles. The lowest BCUT2D eigenvalue weighted by atomic mass is 9.88. The molecule has 2 amide bonds. The Hall–Kier alpha value is -1.79. The molecule has 2 fully saturated rings. The number of carbonyl (C=O) groups is 2. The molecule has 1 unspecified atom stereocenters. The minimum atomic E-state index is -0.0570. The first-order valence-corrected chi connectivity index (χ1v) is 9.55. The fraction of sp³-hybridized carbons (Fsp3) is 0.833. The average Bonchev–Trinajstić information content (AvgIpc) is 3.06. The zero-order valence-corrected chi connectivity index (χ0v) is 15.8. The van der Waals surface area contributed by atoms with E-state index in [0.29, 0.717) is 18.4 Å². The van der Waals surface area contributed by atoms with Gasteiger partial charge in [-0.1, -0.05) is 19.3 Å². The van der Waals surface area contributed by atoms with E-state index in [-0.39, 0.29) is 30.5 Å². The van der Waals surface area contributed by atoms with Crippen molar-refractivity contribution >= 4 is 17.8 Å². The molecular weight excluding hydrogens is 318 g/mol. The molecule has 7 nitrogen and oxygen atoms in total. The molecule has 142 valence electrons. The van der Waals surface area contributed by atoms with Gasteiger partial charge in [-0.3, -0.25) is 14.6 Å². The highest BCUT2D eigenvalue weighted by Gasteiger charge is 2.31. The van der Waals surface area contributed by atoms with Gasteiger partial charge in [0.1, 0.15) is 0 Å². The minimum Gasteiger partial charge on any atom is -0.352 e. The number of amides is 2. The normalized spacial score (nSPS) is 22.2. The number of rotatable bonds is 5. The maximum absolute atomic E-state index is 12.6. The fourth-order valence-corrected chi connectivity index (χ4v) is 3.61. The second kappa shape index (κ2) is 9.63. The Balaban J connectivity index is 1.74. The van der Waals surface area contributed by atoms with Crippen LogP contribution in [0.25, 0.3) is 0 Å². The summed E-state index contributed by atoms with van der Waals surface area (Å²) in [5.41, 5.74) is 0. The summed E-state index contributed by atoms with van der Waals surface area (Å²) in [5, 5.41) is 9.20. The fourth-order valence-electron chi connectivity index (χ4n) is 3.61. The van der Waals surface area contributed by atoms with Crippen LogP contribution in [0.2, 0.25) is 0 Å². The summed E-state index contributed by atoms with van der Waals surface area (Å²) in [7, 11) is 1.69. The monoisotopic (exact) mass is 351 g/mol. The maximum Gasteiger partial charge on any atom is 0.239 e. The first-order chi connectivity index (χ1) is 12.0. The number of aliphatic imine (C=N–C) groups is 1. The van der Waals surface area contributed by atoms with Gasteiger partial charge in [0.2, 0.25) is 11.8 Å². The lowest BCUT2D eigenvalue weighted by Crippen LogP contribution is -2.48. The van der Waals surface area contributed by atoms with E-state index in [4.69, 9.17) is 0 Å². The number of nitrogens with zero attached hydrogens (tertiary/aromatic N) is 2. The highest BCUT2D eigenvalue weighted by atomic mass is 16.2. The Bertz CT molecular complexity index is 486. The van der Waals surface area contributed by atoms with Crippen LogP contribution in [-0.4, -0.2) is 61.4 Å². The summed E-state index contributed by atoms with van der Waals surface area (Å²) in [6.45, 7) is 5.57. The van der Waals surface area contributed by atoms with Gasteiger partial charge in [-0.15, -0.1) is 0 Å². The summed E-state index contributed by atoms with van der Waals surface area (Å²) in [6.07, 6.45) is 6.63. The lowest BCUT2D eigenvalue weighted by molar-refractivity contribution is -0.135. The highest BCUT2D eigenvalue weighted by molar-refractivity contribution is 5.86. The zero-order chi connectivity index (χ0) is 18.2. The van der Waals surface area contributed by atoms with Crippen molar-refractivity contribution in [2.45, 2.75) is 64.5 Å². The van der Waals surface area contributed by atoms with E-state index in [0.717, 1.165) is 25.8 Å². The third-order valence-electron chi connectivity index (χ3n) is 4.88. The van der Waals surface area contributed by atoms with Crippen molar-refractivity contribution in [1.82, 2.24) is 20.9 Å². The van der Waals surface area contributed by atoms with E-state index in [1.807, 2.05) is 18.7 Å². The maximum atomic E-state index is 12.6. The van der Waals surface area contributed by atoms with Gasteiger partial charge >= 0.3 is 0 Å². The predicted molar refractivity (Wildman–Crippen MR) is 99.3 cm³/mol. The van der Waals surface area contributed by atoms with E-state index in [1.165, 1.54) is 19.3 Å². The van der Waals surface area contributed by atoms with Crippen LogP contribution in [0.15, 0.2) is 4.99 Å². The van der Waals surface area contributed by atoms with Crippen molar-refractivity contribution in [1.29, 1.82) is 0 Å². The van der Waals surface area contributed by atoms with Crippen LogP contribution in [0.1, 0.15) is 52.4 Å². The Kier molecular flexibility index (Phi) is 7.52. The highest BCUT2D eigenvalue weighted by Crippen LogP contribution is 2.26. The van der Waals surface area contributed by atoms with Gasteiger partial charge in [0, 0.05) is 38.1 Å². The SMILES string of the molecule is CN=C(NCC(=O)NC(C)C)NC1CCN(C(=O)C2CCCCC2)C1. The molecule has 1 aliphatic heterocycles. The molecule has 0 spiro atoms. The van der Waals surface area contributed by atoms with Crippen molar-refractivity contribution in [2.24, 2.45) is 10.9 Å². The van der Waals surface area contributed by atoms with Gasteiger partial charge in [0.15, 0.2) is 5.96 Å². The molecule has 25 heavy (non-hydrogen) atoms. The molecule has 3 N–H and O–H groups in total. The molecule has 1 saturated carbocycles. The van der Waals surface area contributed by atoms with Crippen molar-refractivity contribution in [3.8, 4) is 0 Å². The van der Waals surface area contributed by atoms with E-state index < -0.39 is 0 Å². The van der Waals surface area contributed by atoms with Crippen LogP contribution in [0.5, 0.6) is 0 Å². The Morgan fingerprint density at radius 2 is 1.88 bits per heavy atom. The van der Waals surface area contributed by atoms with Gasteiger partial charge in [-0.05, 0) is 33.1 Å². The average molecular weight is 351 g/mol. The van der Waals surface area contributed by atoms with E-state index in [9.17, 15) is 9.59 Å². The van der Waals surface area contributed by atoms with Gasteiger partial charge < -0.3 is 20.9 Å². The predicted octanol–water partition coefficient (Wildman–Crippen LogP) is 0.857. The minimum absolute atomic E-state index is 0.0570. The number of likely N-dealkylation sites (tertiary alicyclic amines) is 1. The lowest BCUT2D eigenvalue weighted by Gasteiger charge is -2.26. The summed E-state index contributed by atoms with van der Waals surface area (Å²) in [5.74, 6) is 1.10. The molecule has 2 rings (SSSR count). The van der Waals surface area contributed by atoms with Crippen LogP contribution >= 0.6 is 0 Å². The van der Waals surface area contributed by atoms with Gasteiger partial charge in [0.05, 0.1) is 6.54 Å². The zero-order valence-electron chi connectivity index (χ0n) is 15.8. The first-order valence-electron chi connectivity index (χ1n) is 9.55. The first kappa shape index (κ1) is 19.5. The van der Waals surface area contributed by atoms with Gasteiger partial charge in [-0.2, -0.15) is 0 Å². The topological polar surface area (TPSA) is 85.8 Å². The number of hydrogen-bond donors (Lipinski definition) is 3. The van der Waals surface area contributed by atoms with E-state index in [2.05, 4.69) is 20.9 Å². The van der Waals surface area contributed by atoms with Crippen molar-refractivity contribution < 1.29 is 9.59 Å². The van der Waals surface area contributed by atoms with Crippen LogP contribution in [0, 0.1) is 5.92 Å². The van der Waals surface area contributed by atoms with Crippen LogP contribution < -0.4 is 16.0 Å². The Labute approximate surface area is 151 Å². The number of guanidine groups is 1. The molecule has 0 aromatic rings. The van der Waals surface area contributed by atoms with E-state index >= 15 is 0 Å². The second-order valence-corrected chi connectivity index (χ2v) is 7.40. The smallest absolute Gasteiger partial charge is 0.239 e. The molecule has 0 radical (unpaired) electrons. The Morgan fingerprint density at radius 1 is 1.16 bits per heavy atom. The summed E-state index contributed by atoms with van der Waals surface area (Å²) < 4.78 is 0. The molecule has 1 heterocycles. The molecule has 0 aromatic heterocycles. The van der Waals surface area contributed by atoms with Gasteiger partial charge in [0.25, 0.3) is 0 Å². The van der Waals surface area contributed by atoms with Crippen molar-refractivity contribution in [3.63, 3.8) is 0 Å². The number of carbonyl (C=O) groups excluding carboxylic acids is 2. The molecule has 2 aliphatic rings. The molecule has 0 bridgehead atoms. The van der Waals surface area contributed by atoms with E-state index in [1.54, 1.807) is 7.05 Å². The number of hydrogen-bond acceptors (Lipinski definition) is 3. The third kappa shape index (κ3) is 6.21. The van der Waals surface area contributed by atoms with Crippen molar-refractivity contribution in [2.75, 3.05) is 26.7 Å². The summed E-state index contributed by atoms with van der Waals surface area (Å²) >= 11 is 0. The molecular formula is C18H33N5O2. The van der Waals surface area contributed by atoms with Crippen molar-refractivity contribution in [3.05, 3.63) is 0 Å². The molecule has 0 aromatic carbocycles. The second-order valence-electron chi connectivity index (χ2n) is 7.40. The summed E-state index contributed by atoms with van der Waals surface area (Å²) in [4.78, 5) is 30.5. The van der Waals surface area contributed by atoms with Crippen LogP contribution in [-0.2, 0) is 9.59 Å². The van der Waals surface area contributed by atoms with Crippen LogP contribution in [0.3, 0.4) is 0 Å². The quantitative estimate of drug-likeness (QED) is 0.506. The van der Waals surface area contributed by atoms with Gasteiger partial charge in [-0.25, -0.2) is 0 Å². The standard InChI is InChI=1S/C18H33N5O2/c1-13(2)21-16(24)11-20-18(19-3)22-15-9-10-23(12-15)17(25)14-7-5-4-6-8-14/h13-15H,4-12H2,1-3H3,(H,21,24)(H2,19,20,22). The molecule has 1 atom stereocenters. The molecule has 1 aliphatic carbocycles.